The fourth-order valence-corrected chi connectivity index (χ4v) is 4.35. The molecule has 138 valence electrons. The van der Waals surface area contributed by atoms with E-state index in [1.807, 2.05) is 4.90 Å². The fourth-order valence-electron chi connectivity index (χ4n) is 2.97. The largest absolute Gasteiger partial charge is 0.365 e. The summed E-state index contributed by atoms with van der Waals surface area (Å²) in [7, 11) is -3.72. The van der Waals surface area contributed by atoms with Crippen LogP contribution in [0.3, 0.4) is 0 Å². The number of anilines is 2. The Balaban J connectivity index is 1.88. The van der Waals surface area contributed by atoms with E-state index in [9.17, 15) is 13.2 Å². The van der Waals surface area contributed by atoms with Crippen molar-refractivity contribution in [3.05, 3.63) is 53.6 Å². The topological polar surface area (TPSA) is 69.7 Å². The Morgan fingerprint density at radius 3 is 2.27 bits per heavy atom. The molecule has 0 spiro atoms. The summed E-state index contributed by atoms with van der Waals surface area (Å²) in [4.78, 5) is 15.5. The molecule has 26 heavy (non-hydrogen) atoms. The lowest BCUT2D eigenvalue weighted by molar-refractivity contribution is -0.129. The molecule has 0 aromatic heterocycles. The smallest absolute Gasteiger partial charge is 0.261 e. The summed E-state index contributed by atoms with van der Waals surface area (Å²) >= 11 is 6.38. The molecule has 2 aromatic carbocycles. The molecule has 1 aliphatic rings. The molecular formula is C18H20ClN3O3S. The molecule has 3 rings (SSSR count). The highest BCUT2D eigenvalue weighted by Gasteiger charge is 2.24. The first-order valence-electron chi connectivity index (χ1n) is 8.25. The van der Waals surface area contributed by atoms with Crippen molar-refractivity contribution in [1.82, 2.24) is 4.90 Å². The maximum atomic E-state index is 12.7. The van der Waals surface area contributed by atoms with Crippen LogP contribution in [0.5, 0.6) is 0 Å². The third-order valence-electron chi connectivity index (χ3n) is 4.33. The standard InChI is InChI=1S/C18H20ClN3O3S/c1-14(23)21-10-12-22(13-11-21)18-16(19)8-5-9-17(18)20-26(24,25)15-6-3-2-4-7-15/h2-9,20H,10-13H2,1H3. The number of carbonyl (C=O) groups excluding carboxylic acids is 1. The SMILES string of the molecule is CC(=O)N1CCN(c2c(Cl)cccc2NS(=O)(=O)c2ccccc2)CC1. The van der Waals surface area contributed by atoms with Gasteiger partial charge in [0.25, 0.3) is 10.0 Å². The first-order valence-corrected chi connectivity index (χ1v) is 10.1. The zero-order valence-electron chi connectivity index (χ0n) is 14.4. The lowest BCUT2D eigenvalue weighted by Crippen LogP contribution is -2.48. The molecule has 1 amide bonds. The predicted molar refractivity (Wildman–Crippen MR) is 103 cm³/mol. The van der Waals surface area contributed by atoms with E-state index >= 15 is 0 Å². The van der Waals surface area contributed by atoms with Crippen molar-refractivity contribution in [2.45, 2.75) is 11.8 Å². The van der Waals surface area contributed by atoms with Crippen LogP contribution in [-0.2, 0) is 14.8 Å². The number of sulfonamides is 1. The number of amides is 1. The van der Waals surface area contributed by atoms with Gasteiger partial charge >= 0.3 is 0 Å². The lowest BCUT2D eigenvalue weighted by Gasteiger charge is -2.37. The quantitative estimate of drug-likeness (QED) is 0.867. The Kier molecular flexibility index (Phi) is 5.38. The first kappa shape index (κ1) is 18.5. The Bertz CT molecular complexity index is 895. The van der Waals surface area contributed by atoms with Crippen LogP contribution < -0.4 is 9.62 Å². The van der Waals surface area contributed by atoms with Gasteiger partial charge in [-0.15, -0.1) is 0 Å². The molecule has 0 aliphatic carbocycles. The lowest BCUT2D eigenvalue weighted by atomic mass is 10.2. The van der Waals surface area contributed by atoms with Crippen LogP contribution in [-0.4, -0.2) is 45.4 Å². The molecule has 0 atom stereocenters. The van der Waals surface area contributed by atoms with Crippen molar-refractivity contribution >= 4 is 38.9 Å². The molecule has 1 fully saturated rings. The number of nitrogens with one attached hydrogen (secondary N) is 1. The number of rotatable bonds is 4. The molecule has 1 aliphatic heterocycles. The average Bonchev–Trinajstić information content (AvgIpc) is 2.62. The highest BCUT2D eigenvalue weighted by molar-refractivity contribution is 7.92. The van der Waals surface area contributed by atoms with E-state index in [2.05, 4.69) is 4.72 Å². The van der Waals surface area contributed by atoms with Crippen molar-refractivity contribution < 1.29 is 13.2 Å². The Hall–Kier alpha value is -2.25. The number of para-hydroxylation sites is 1. The summed E-state index contributed by atoms with van der Waals surface area (Å²) in [5.74, 6) is 0.0359. The third kappa shape index (κ3) is 3.94. The van der Waals surface area contributed by atoms with Gasteiger partial charge in [-0.1, -0.05) is 35.9 Å². The normalized spacial score (nSPS) is 15.0. The van der Waals surface area contributed by atoms with Gasteiger partial charge < -0.3 is 9.80 Å². The number of benzene rings is 2. The molecule has 1 saturated heterocycles. The Morgan fingerprint density at radius 1 is 1.00 bits per heavy atom. The number of hydrogen-bond acceptors (Lipinski definition) is 4. The van der Waals surface area contributed by atoms with Crippen LogP contribution in [0.4, 0.5) is 11.4 Å². The van der Waals surface area contributed by atoms with Gasteiger partial charge in [0, 0.05) is 33.1 Å². The van der Waals surface area contributed by atoms with Crippen LogP contribution >= 0.6 is 11.6 Å². The number of carbonyl (C=O) groups is 1. The van der Waals surface area contributed by atoms with Crippen molar-refractivity contribution in [3.63, 3.8) is 0 Å². The predicted octanol–water partition coefficient (Wildman–Crippen LogP) is 2.81. The second-order valence-corrected chi connectivity index (χ2v) is 8.14. The van der Waals surface area contributed by atoms with Crippen LogP contribution in [0, 0.1) is 0 Å². The van der Waals surface area contributed by atoms with Gasteiger partial charge in [0.2, 0.25) is 5.91 Å². The maximum Gasteiger partial charge on any atom is 0.261 e. The van der Waals surface area contributed by atoms with Gasteiger partial charge in [-0.3, -0.25) is 9.52 Å². The zero-order valence-corrected chi connectivity index (χ0v) is 15.9. The van der Waals surface area contributed by atoms with Gasteiger partial charge in [-0.2, -0.15) is 0 Å². The molecule has 0 radical (unpaired) electrons. The van der Waals surface area contributed by atoms with Crippen LogP contribution in [0.25, 0.3) is 0 Å². The van der Waals surface area contributed by atoms with Gasteiger partial charge in [-0.25, -0.2) is 8.42 Å². The molecule has 1 heterocycles. The van der Waals surface area contributed by atoms with E-state index < -0.39 is 10.0 Å². The fraction of sp³-hybridized carbons (Fsp3) is 0.278. The van der Waals surface area contributed by atoms with E-state index in [4.69, 9.17) is 11.6 Å². The first-order chi connectivity index (χ1) is 12.4. The summed E-state index contributed by atoms with van der Waals surface area (Å²) in [6.45, 7) is 3.87. The van der Waals surface area contributed by atoms with Gasteiger partial charge in [0.1, 0.15) is 0 Å². The summed E-state index contributed by atoms with van der Waals surface area (Å²) in [6, 6.07) is 13.3. The summed E-state index contributed by atoms with van der Waals surface area (Å²) in [6.07, 6.45) is 0. The number of halogens is 1. The van der Waals surface area contributed by atoms with Crippen LogP contribution in [0.1, 0.15) is 6.92 Å². The van der Waals surface area contributed by atoms with E-state index in [-0.39, 0.29) is 10.8 Å². The minimum Gasteiger partial charge on any atom is -0.365 e. The van der Waals surface area contributed by atoms with Crippen molar-refractivity contribution in [3.8, 4) is 0 Å². The number of piperazine rings is 1. The second kappa shape index (κ2) is 7.55. The minimum atomic E-state index is -3.72. The van der Waals surface area contributed by atoms with E-state index in [0.717, 1.165) is 0 Å². The van der Waals surface area contributed by atoms with E-state index in [1.165, 1.54) is 12.1 Å². The van der Waals surface area contributed by atoms with Gasteiger partial charge in [0.05, 0.1) is 21.3 Å². The van der Waals surface area contributed by atoms with Gasteiger partial charge in [-0.05, 0) is 24.3 Å². The van der Waals surface area contributed by atoms with Crippen molar-refractivity contribution in [2.24, 2.45) is 0 Å². The monoisotopic (exact) mass is 393 g/mol. The molecule has 6 nitrogen and oxygen atoms in total. The molecule has 1 N–H and O–H groups in total. The van der Waals surface area contributed by atoms with E-state index in [0.29, 0.717) is 42.6 Å². The Labute approximate surface area is 158 Å². The zero-order chi connectivity index (χ0) is 18.7. The molecule has 0 unspecified atom stereocenters. The van der Waals surface area contributed by atoms with Crippen molar-refractivity contribution in [2.75, 3.05) is 35.8 Å². The number of nitrogens with zero attached hydrogens (tertiary/aromatic N) is 2. The third-order valence-corrected chi connectivity index (χ3v) is 6.01. The summed E-state index contributed by atoms with van der Waals surface area (Å²) in [5.41, 5.74) is 1.06. The van der Waals surface area contributed by atoms with Crippen LogP contribution in [0.15, 0.2) is 53.4 Å². The second-order valence-electron chi connectivity index (χ2n) is 6.05. The minimum absolute atomic E-state index is 0.0359. The molecule has 2 aromatic rings. The maximum absolute atomic E-state index is 12.7. The van der Waals surface area contributed by atoms with Crippen molar-refractivity contribution in [1.29, 1.82) is 0 Å². The summed E-state index contributed by atoms with van der Waals surface area (Å²) < 4.78 is 28.0. The number of hydrogen-bond donors (Lipinski definition) is 1. The molecule has 0 saturated carbocycles. The summed E-state index contributed by atoms with van der Waals surface area (Å²) in [5, 5.41) is 0.467. The van der Waals surface area contributed by atoms with Gasteiger partial charge in [0.15, 0.2) is 0 Å². The van der Waals surface area contributed by atoms with E-state index in [1.54, 1.807) is 48.2 Å². The molecule has 8 heteroatoms. The molecular weight excluding hydrogens is 374 g/mol. The highest BCUT2D eigenvalue weighted by atomic mass is 35.5. The average molecular weight is 394 g/mol. The highest BCUT2D eigenvalue weighted by Crippen LogP contribution is 2.35. The molecule has 0 bridgehead atoms. The van der Waals surface area contributed by atoms with Crippen LogP contribution in [0.2, 0.25) is 5.02 Å². The Morgan fingerprint density at radius 2 is 1.65 bits per heavy atom.